The number of carbonyl (C=O) groups excluding carboxylic acids is 1. The van der Waals surface area contributed by atoms with E-state index in [4.69, 9.17) is 10.9 Å². The summed E-state index contributed by atoms with van der Waals surface area (Å²) in [4.78, 5) is 20.7. The number of carbonyl (C=O) groups is 1. The van der Waals surface area contributed by atoms with Gasteiger partial charge in [-0.2, -0.15) is 0 Å². The molecule has 1 heterocycles. The van der Waals surface area contributed by atoms with E-state index in [-0.39, 0.29) is 12.8 Å². The van der Waals surface area contributed by atoms with Gasteiger partial charge in [-0.3, -0.25) is 0 Å². The molecule has 0 spiro atoms. The van der Waals surface area contributed by atoms with Crippen LogP contribution in [0.3, 0.4) is 0 Å². The normalized spacial score (nSPS) is 26.8. The monoisotopic (exact) mass is 203 g/mol. The minimum Gasteiger partial charge on any atom is -0.450 e. The molecule has 0 saturated carbocycles. The fourth-order valence-electron chi connectivity index (χ4n) is 1.10. The van der Waals surface area contributed by atoms with Gasteiger partial charge in [0.2, 0.25) is 6.16 Å². The van der Waals surface area contributed by atoms with Crippen LogP contribution >= 0.6 is 7.72 Å². The fraction of sp³-hybridized carbons (Fsp3) is 0.625. The molecule has 1 unspecified atom stereocenters. The molecule has 1 rings (SSSR count). The van der Waals surface area contributed by atoms with Crippen LogP contribution in [0.5, 0.6) is 0 Å². The van der Waals surface area contributed by atoms with Gasteiger partial charge in [0.05, 0.1) is 6.61 Å². The van der Waals surface area contributed by atoms with Gasteiger partial charge >= 0.3 is 5.97 Å². The van der Waals surface area contributed by atoms with E-state index in [1.807, 2.05) is 0 Å². The highest BCUT2D eigenvalue weighted by molar-refractivity contribution is 7.66. The van der Waals surface area contributed by atoms with Crippen molar-refractivity contribution in [3.05, 3.63) is 0 Å². The van der Waals surface area contributed by atoms with Crippen molar-refractivity contribution in [2.24, 2.45) is 0 Å². The minimum absolute atomic E-state index is 0.0331. The van der Waals surface area contributed by atoms with Crippen molar-refractivity contribution in [3.8, 4) is 12.3 Å². The molecule has 1 atom stereocenters. The van der Waals surface area contributed by atoms with Crippen molar-refractivity contribution < 1.29 is 18.9 Å². The molecule has 1 aliphatic rings. The van der Waals surface area contributed by atoms with E-state index in [1.165, 1.54) is 0 Å². The second kappa shape index (κ2) is 4.57. The third-order valence-corrected chi connectivity index (χ3v) is 4.11. The lowest BCUT2D eigenvalue weighted by molar-refractivity contribution is -0.139. The molecule has 0 aliphatic carbocycles. The first-order valence-electron chi connectivity index (χ1n) is 4.00. The topological polar surface area (TPSA) is 55.8 Å². The minimum atomic E-state index is -2.46. The zero-order valence-corrected chi connectivity index (χ0v) is 8.13. The number of esters is 1. The van der Waals surface area contributed by atoms with Gasteiger partial charge in [0.25, 0.3) is 7.72 Å². The maximum atomic E-state index is 11.0. The first-order valence-corrected chi connectivity index (χ1v) is 6.03. The van der Waals surface area contributed by atoms with Crippen molar-refractivity contribution in [2.45, 2.75) is 6.42 Å². The van der Waals surface area contributed by atoms with Gasteiger partial charge in [0, 0.05) is 6.42 Å². The lowest BCUT2D eigenvalue weighted by Crippen LogP contribution is -2.14. The average Bonchev–Trinajstić information content (AvgIpc) is 2.48. The molecular weight excluding hydrogens is 191 g/mol. The maximum Gasteiger partial charge on any atom is 0.350 e. The molecule has 72 valence electrons. The lowest BCUT2D eigenvalue weighted by Gasteiger charge is -2.09. The van der Waals surface area contributed by atoms with Gasteiger partial charge < -0.3 is 4.74 Å². The first-order chi connectivity index (χ1) is 6.16. The maximum absolute atomic E-state index is 11.0. The van der Waals surface area contributed by atoms with Crippen LogP contribution in [0.2, 0.25) is 0 Å². The first kappa shape index (κ1) is 10.5. The SMILES string of the molecule is C#CCOC(=O)C[P+]1(O)CCCO1. The van der Waals surface area contributed by atoms with E-state index >= 15 is 0 Å². The number of ether oxygens (including phenoxy) is 1. The number of hydrogen-bond donors (Lipinski definition) is 1. The van der Waals surface area contributed by atoms with E-state index in [2.05, 4.69) is 10.7 Å². The molecule has 4 nitrogen and oxygen atoms in total. The predicted octanol–water partition coefficient (Wildman–Crippen LogP) is 0.423. The predicted molar refractivity (Wildman–Crippen MR) is 49.2 cm³/mol. The van der Waals surface area contributed by atoms with E-state index < -0.39 is 13.7 Å². The van der Waals surface area contributed by atoms with Crippen LogP contribution in [0.1, 0.15) is 6.42 Å². The molecule has 1 saturated heterocycles. The van der Waals surface area contributed by atoms with Crippen molar-refractivity contribution in [1.82, 2.24) is 0 Å². The lowest BCUT2D eigenvalue weighted by atomic mass is 10.5. The summed E-state index contributed by atoms with van der Waals surface area (Å²) in [7, 11) is -2.46. The van der Waals surface area contributed by atoms with Crippen LogP contribution in [-0.4, -0.2) is 36.4 Å². The Morgan fingerprint density at radius 2 is 2.54 bits per heavy atom. The Kier molecular flexibility index (Phi) is 3.68. The Bertz CT molecular complexity index is 227. The second-order valence-corrected chi connectivity index (χ2v) is 5.49. The van der Waals surface area contributed by atoms with Gasteiger partial charge in [-0.05, 0) is 0 Å². The van der Waals surface area contributed by atoms with Gasteiger partial charge in [-0.1, -0.05) is 5.92 Å². The fourth-order valence-corrected chi connectivity index (χ4v) is 3.07. The van der Waals surface area contributed by atoms with Gasteiger partial charge in [-0.15, -0.1) is 6.42 Å². The molecular formula is C8H12O4P+. The van der Waals surface area contributed by atoms with Crippen molar-refractivity contribution in [1.29, 1.82) is 0 Å². The Morgan fingerprint density at radius 3 is 3.08 bits per heavy atom. The summed E-state index contributed by atoms with van der Waals surface area (Å²) in [5.41, 5.74) is 0. The summed E-state index contributed by atoms with van der Waals surface area (Å²) >= 11 is 0. The van der Waals surface area contributed by atoms with Crippen molar-refractivity contribution in [3.63, 3.8) is 0 Å². The van der Waals surface area contributed by atoms with E-state index in [1.54, 1.807) is 0 Å². The van der Waals surface area contributed by atoms with Gasteiger partial charge in [0.15, 0.2) is 6.61 Å². The van der Waals surface area contributed by atoms with E-state index in [9.17, 15) is 9.69 Å². The third kappa shape index (κ3) is 3.31. The van der Waals surface area contributed by atoms with Crippen molar-refractivity contribution >= 4 is 13.7 Å². The highest BCUT2D eigenvalue weighted by Gasteiger charge is 2.45. The summed E-state index contributed by atoms with van der Waals surface area (Å²) in [6, 6.07) is 0. The summed E-state index contributed by atoms with van der Waals surface area (Å²) in [5, 5.41) is 0. The van der Waals surface area contributed by atoms with Gasteiger partial charge in [0.1, 0.15) is 6.16 Å². The summed E-state index contributed by atoms with van der Waals surface area (Å²) < 4.78 is 9.74. The van der Waals surface area contributed by atoms with Crippen LogP contribution < -0.4 is 0 Å². The molecule has 0 aromatic carbocycles. The van der Waals surface area contributed by atoms with Crippen LogP contribution in [0.25, 0.3) is 0 Å². The molecule has 13 heavy (non-hydrogen) atoms. The highest BCUT2D eigenvalue weighted by Crippen LogP contribution is 2.59. The molecule has 0 bridgehead atoms. The van der Waals surface area contributed by atoms with E-state index in [0.717, 1.165) is 6.42 Å². The molecule has 1 fully saturated rings. The summed E-state index contributed by atoms with van der Waals surface area (Å²) in [6.45, 7) is 0.492. The summed E-state index contributed by atoms with van der Waals surface area (Å²) in [6.07, 6.45) is 6.27. The zero-order valence-electron chi connectivity index (χ0n) is 7.23. The molecule has 1 N–H and O–H groups in total. The average molecular weight is 203 g/mol. The van der Waals surface area contributed by atoms with Crippen LogP contribution in [0.15, 0.2) is 0 Å². The largest absolute Gasteiger partial charge is 0.450 e. The number of hydrogen-bond acceptors (Lipinski definition) is 4. The number of terminal acetylenes is 1. The van der Waals surface area contributed by atoms with E-state index in [0.29, 0.717) is 12.8 Å². The van der Waals surface area contributed by atoms with Gasteiger partial charge in [-0.25, -0.2) is 14.2 Å². The molecule has 0 aromatic rings. The van der Waals surface area contributed by atoms with Crippen LogP contribution in [0.4, 0.5) is 0 Å². The Labute approximate surface area is 77.7 Å². The molecule has 0 aromatic heterocycles. The quantitative estimate of drug-likeness (QED) is 0.410. The highest BCUT2D eigenvalue weighted by atomic mass is 31.2. The summed E-state index contributed by atoms with van der Waals surface area (Å²) in [5.74, 6) is 1.71. The molecule has 5 heteroatoms. The van der Waals surface area contributed by atoms with Crippen molar-refractivity contribution in [2.75, 3.05) is 25.5 Å². The third-order valence-electron chi connectivity index (χ3n) is 1.68. The Morgan fingerprint density at radius 1 is 1.77 bits per heavy atom. The Balaban J connectivity index is 2.31. The van der Waals surface area contributed by atoms with Crippen LogP contribution in [-0.2, 0) is 14.1 Å². The Hall–Kier alpha value is -0.620. The zero-order chi connectivity index (χ0) is 9.73. The second-order valence-electron chi connectivity index (χ2n) is 2.78. The smallest absolute Gasteiger partial charge is 0.350 e. The molecule has 0 radical (unpaired) electrons. The molecule has 0 amide bonds. The molecule has 1 aliphatic heterocycles. The standard InChI is InChI=1S/C8H12O4P/c1-2-4-11-8(9)7-13(10)6-3-5-12-13/h1,10H,3-7H2/q+1. The van der Waals surface area contributed by atoms with Crippen LogP contribution in [0, 0.1) is 12.3 Å². The number of rotatable bonds is 3.